The van der Waals surface area contributed by atoms with Crippen molar-refractivity contribution in [3.05, 3.63) is 23.7 Å². The molecule has 1 N–H and O–H groups in total. The fraction of sp³-hybridized carbons (Fsp3) is 0.750. The highest BCUT2D eigenvalue weighted by molar-refractivity contribution is 5.17. The van der Waals surface area contributed by atoms with Crippen molar-refractivity contribution in [2.75, 3.05) is 13.1 Å². The predicted octanol–water partition coefficient (Wildman–Crippen LogP) is 3.15. The normalized spacial score (nSPS) is 24.2. The van der Waals surface area contributed by atoms with Gasteiger partial charge in [-0.3, -0.25) is 4.90 Å². The molecule has 3 heteroatoms. The number of hydrogen-bond donors (Lipinski definition) is 1. The van der Waals surface area contributed by atoms with Crippen molar-refractivity contribution in [3.8, 4) is 0 Å². The molecule has 1 aromatic rings. The largest absolute Gasteiger partial charge is 0.468 e. The molecule has 19 heavy (non-hydrogen) atoms. The zero-order valence-corrected chi connectivity index (χ0v) is 12.0. The van der Waals surface area contributed by atoms with Gasteiger partial charge in [0.05, 0.1) is 12.8 Å². The topological polar surface area (TPSA) is 28.4 Å². The molecule has 0 bridgehead atoms. The molecular weight excluding hydrogens is 236 g/mol. The average molecular weight is 262 g/mol. The minimum Gasteiger partial charge on any atom is -0.468 e. The van der Waals surface area contributed by atoms with E-state index in [1.54, 1.807) is 0 Å². The molecule has 1 saturated carbocycles. The Labute approximate surface area is 116 Å². The second-order valence-electron chi connectivity index (χ2n) is 6.20. The van der Waals surface area contributed by atoms with Crippen LogP contribution in [0.5, 0.6) is 0 Å². The van der Waals surface area contributed by atoms with Gasteiger partial charge in [-0.2, -0.15) is 0 Å². The molecule has 0 radical (unpaired) electrons. The predicted molar refractivity (Wildman–Crippen MR) is 76.9 cm³/mol. The lowest BCUT2D eigenvalue weighted by Crippen LogP contribution is -2.22. The first-order valence-electron chi connectivity index (χ1n) is 7.86. The number of rotatable bonds is 7. The Morgan fingerprint density at radius 2 is 2.26 bits per heavy atom. The van der Waals surface area contributed by atoms with E-state index in [9.17, 15) is 0 Å². The average Bonchev–Trinajstić information content (AvgIpc) is 2.97. The van der Waals surface area contributed by atoms with Gasteiger partial charge in [-0.15, -0.1) is 0 Å². The van der Waals surface area contributed by atoms with Crippen molar-refractivity contribution in [1.82, 2.24) is 10.2 Å². The highest BCUT2D eigenvalue weighted by Crippen LogP contribution is 2.24. The summed E-state index contributed by atoms with van der Waals surface area (Å²) < 4.78 is 5.64. The lowest BCUT2D eigenvalue weighted by molar-refractivity contribution is 0.309. The molecule has 1 aromatic heterocycles. The van der Waals surface area contributed by atoms with E-state index >= 15 is 0 Å². The van der Waals surface area contributed by atoms with Gasteiger partial charge in [-0.1, -0.05) is 13.3 Å². The van der Waals surface area contributed by atoms with E-state index in [1.807, 2.05) is 6.26 Å². The Kier molecular flexibility index (Phi) is 4.24. The maximum absolute atomic E-state index is 5.64. The zero-order valence-electron chi connectivity index (χ0n) is 12.0. The van der Waals surface area contributed by atoms with Gasteiger partial charge >= 0.3 is 0 Å². The molecule has 0 aromatic carbocycles. The first-order valence-corrected chi connectivity index (χ1v) is 7.86. The summed E-state index contributed by atoms with van der Waals surface area (Å²) in [7, 11) is 0. The Hall–Kier alpha value is -0.800. The Morgan fingerprint density at radius 1 is 1.37 bits per heavy atom. The molecule has 0 spiro atoms. The second-order valence-corrected chi connectivity index (χ2v) is 6.20. The monoisotopic (exact) mass is 262 g/mol. The summed E-state index contributed by atoms with van der Waals surface area (Å²) in [6, 6.07) is 2.90. The van der Waals surface area contributed by atoms with Crippen LogP contribution in [-0.2, 0) is 13.1 Å². The fourth-order valence-corrected chi connectivity index (χ4v) is 3.13. The van der Waals surface area contributed by atoms with E-state index in [-0.39, 0.29) is 0 Å². The number of nitrogens with one attached hydrogen (secondary N) is 1. The SMILES string of the molecule is CCCC1CCN(Cc2ccoc2CNC2CC2)C1. The molecule has 3 nitrogen and oxygen atoms in total. The van der Waals surface area contributed by atoms with E-state index in [0.29, 0.717) is 0 Å². The molecule has 2 fully saturated rings. The summed E-state index contributed by atoms with van der Waals surface area (Å²) in [5.41, 5.74) is 1.38. The molecule has 2 heterocycles. The van der Waals surface area contributed by atoms with Crippen LogP contribution in [-0.4, -0.2) is 24.0 Å². The maximum Gasteiger partial charge on any atom is 0.122 e. The molecule has 0 amide bonds. The minimum atomic E-state index is 0.749. The second kappa shape index (κ2) is 6.10. The van der Waals surface area contributed by atoms with E-state index in [1.165, 1.54) is 50.8 Å². The summed E-state index contributed by atoms with van der Waals surface area (Å²) in [5, 5.41) is 3.54. The molecule has 2 aliphatic rings. The van der Waals surface area contributed by atoms with Gasteiger partial charge in [0.25, 0.3) is 0 Å². The van der Waals surface area contributed by atoms with Crippen molar-refractivity contribution >= 4 is 0 Å². The van der Waals surface area contributed by atoms with Gasteiger partial charge in [0.15, 0.2) is 0 Å². The lowest BCUT2D eigenvalue weighted by atomic mass is 10.0. The zero-order chi connectivity index (χ0) is 13.1. The molecule has 1 aliphatic heterocycles. The van der Waals surface area contributed by atoms with Crippen LogP contribution in [0, 0.1) is 5.92 Å². The van der Waals surface area contributed by atoms with Gasteiger partial charge in [0.2, 0.25) is 0 Å². The summed E-state index contributed by atoms with van der Waals surface area (Å²) in [5.74, 6) is 2.07. The highest BCUT2D eigenvalue weighted by atomic mass is 16.3. The molecule has 106 valence electrons. The van der Waals surface area contributed by atoms with Crippen molar-refractivity contribution in [1.29, 1.82) is 0 Å². The molecule has 1 atom stereocenters. The van der Waals surface area contributed by atoms with Crippen LogP contribution in [0.4, 0.5) is 0 Å². The van der Waals surface area contributed by atoms with Gasteiger partial charge in [0, 0.05) is 24.7 Å². The van der Waals surface area contributed by atoms with Crippen molar-refractivity contribution < 1.29 is 4.42 Å². The van der Waals surface area contributed by atoms with Crippen molar-refractivity contribution in [2.45, 2.75) is 58.2 Å². The third-order valence-corrected chi connectivity index (χ3v) is 4.43. The van der Waals surface area contributed by atoms with Gasteiger partial charge in [-0.25, -0.2) is 0 Å². The first kappa shape index (κ1) is 13.2. The van der Waals surface area contributed by atoms with Crippen LogP contribution in [0.15, 0.2) is 16.7 Å². The van der Waals surface area contributed by atoms with E-state index in [0.717, 1.165) is 30.8 Å². The summed E-state index contributed by atoms with van der Waals surface area (Å²) in [4.78, 5) is 2.59. The molecule has 1 saturated heterocycles. The molecule has 1 unspecified atom stereocenters. The van der Waals surface area contributed by atoms with E-state index in [2.05, 4.69) is 23.2 Å². The van der Waals surface area contributed by atoms with E-state index in [4.69, 9.17) is 4.42 Å². The molecule has 1 aliphatic carbocycles. The standard InChI is InChI=1S/C16H26N2O/c1-2-3-13-6-8-18(11-13)12-14-7-9-19-16(14)10-17-15-4-5-15/h7,9,13,15,17H,2-6,8,10-12H2,1H3. The first-order chi connectivity index (χ1) is 9.35. The third kappa shape index (κ3) is 3.61. The summed E-state index contributed by atoms with van der Waals surface area (Å²) in [6.07, 6.45) is 8.60. The van der Waals surface area contributed by atoms with Crippen molar-refractivity contribution in [3.63, 3.8) is 0 Å². The fourth-order valence-electron chi connectivity index (χ4n) is 3.13. The van der Waals surface area contributed by atoms with E-state index < -0.39 is 0 Å². The Balaban J connectivity index is 1.50. The number of hydrogen-bond acceptors (Lipinski definition) is 3. The van der Waals surface area contributed by atoms with Crippen LogP contribution < -0.4 is 5.32 Å². The maximum atomic E-state index is 5.64. The number of likely N-dealkylation sites (tertiary alicyclic amines) is 1. The van der Waals surface area contributed by atoms with Crippen LogP contribution in [0.2, 0.25) is 0 Å². The van der Waals surface area contributed by atoms with Crippen molar-refractivity contribution in [2.24, 2.45) is 5.92 Å². The van der Waals surface area contributed by atoms with Crippen LogP contribution in [0.3, 0.4) is 0 Å². The Bertz CT molecular complexity index is 397. The molecular formula is C16H26N2O. The number of nitrogens with zero attached hydrogens (tertiary/aromatic N) is 1. The van der Waals surface area contributed by atoms with Crippen LogP contribution in [0.25, 0.3) is 0 Å². The lowest BCUT2D eigenvalue weighted by Gasteiger charge is -2.16. The van der Waals surface area contributed by atoms with Crippen LogP contribution in [0.1, 0.15) is 50.4 Å². The molecule has 3 rings (SSSR count). The quantitative estimate of drug-likeness (QED) is 0.818. The summed E-state index contributed by atoms with van der Waals surface area (Å²) in [6.45, 7) is 6.79. The van der Waals surface area contributed by atoms with Crippen LogP contribution >= 0.6 is 0 Å². The summed E-state index contributed by atoms with van der Waals surface area (Å²) >= 11 is 0. The number of furan rings is 1. The van der Waals surface area contributed by atoms with Gasteiger partial charge in [-0.05, 0) is 44.2 Å². The minimum absolute atomic E-state index is 0.749. The smallest absolute Gasteiger partial charge is 0.122 e. The highest BCUT2D eigenvalue weighted by Gasteiger charge is 2.24. The Morgan fingerprint density at radius 3 is 3.05 bits per heavy atom. The van der Waals surface area contributed by atoms with Gasteiger partial charge < -0.3 is 9.73 Å². The van der Waals surface area contributed by atoms with Gasteiger partial charge in [0.1, 0.15) is 5.76 Å². The third-order valence-electron chi connectivity index (χ3n) is 4.43.